The molecule has 0 aromatic heterocycles. The van der Waals surface area contributed by atoms with Gasteiger partial charge in [0.15, 0.2) is 0 Å². The topological polar surface area (TPSA) is 55.8 Å². The van der Waals surface area contributed by atoms with Gasteiger partial charge in [0, 0.05) is 26.1 Å². The fraction of sp³-hybridized carbons (Fsp3) is 0.857. The molecule has 0 unspecified atom stereocenters. The zero-order chi connectivity index (χ0) is 14.7. The minimum absolute atomic E-state index is 0.0637. The number of rotatable bonds is 10. The van der Waals surface area contributed by atoms with E-state index in [1.165, 1.54) is 0 Å². The number of carbonyl (C=O) groups is 2. The first-order valence-corrected chi connectivity index (χ1v) is 7.06. The maximum absolute atomic E-state index is 11.7. The van der Waals surface area contributed by atoms with Crippen LogP contribution in [-0.2, 0) is 19.1 Å². The van der Waals surface area contributed by atoms with Gasteiger partial charge in [-0.1, -0.05) is 6.92 Å². The van der Waals surface area contributed by atoms with Crippen LogP contribution in [0, 0.1) is 0 Å². The lowest BCUT2D eigenvalue weighted by Gasteiger charge is -2.22. The average Bonchev–Trinajstić information content (AvgIpc) is 2.37. The minimum atomic E-state index is -0.255. The fourth-order valence-corrected chi connectivity index (χ4v) is 1.62. The zero-order valence-electron chi connectivity index (χ0n) is 12.6. The van der Waals surface area contributed by atoms with Gasteiger partial charge in [-0.05, 0) is 27.2 Å². The first-order chi connectivity index (χ1) is 9.01. The Kier molecular flexibility index (Phi) is 10.2. The maximum atomic E-state index is 11.7. The van der Waals surface area contributed by atoms with Crippen LogP contribution in [0.5, 0.6) is 0 Å². The van der Waals surface area contributed by atoms with Crippen LogP contribution in [0.2, 0.25) is 0 Å². The van der Waals surface area contributed by atoms with Crippen LogP contribution in [0.4, 0.5) is 0 Å². The van der Waals surface area contributed by atoms with Crippen molar-refractivity contribution in [3.05, 3.63) is 0 Å². The Morgan fingerprint density at radius 2 is 1.84 bits per heavy atom. The Balaban J connectivity index is 4.02. The van der Waals surface area contributed by atoms with E-state index in [1.54, 1.807) is 11.8 Å². The number of nitrogens with zero attached hydrogens (tertiary/aromatic N) is 1. The van der Waals surface area contributed by atoms with Gasteiger partial charge in [-0.2, -0.15) is 0 Å². The monoisotopic (exact) mass is 273 g/mol. The van der Waals surface area contributed by atoms with Gasteiger partial charge < -0.3 is 14.4 Å². The molecular weight excluding hydrogens is 246 g/mol. The molecule has 5 heteroatoms. The largest absolute Gasteiger partial charge is 0.466 e. The van der Waals surface area contributed by atoms with E-state index in [-0.39, 0.29) is 24.4 Å². The highest BCUT2D eigenvalue weighted by Gasteiger charge is 2.13. The lowest BCUT2D eigenvalue weighted by molar-refractivity contribution is -0.144. The van der Waals surface area contributed by atoms with Gasteiger partial charge in [-0.3, -0.25) is 9.59 Å². The molecule has 0 radical (unpaired) electrons. The normalized spacial score (nSPS) is 10.6. The summed E-state index contributed by atoms with van der Waals surface area (Å²) in [6, 6.07) is 0. The summed E-state index contributed by atoms with van der Waals surface area (Å²) in [5.74, 6) is -0.191. The van der Waals surface area contributed by atoms with Gasteiger partial charge in [-0.25, -0.2) is 0 Å². The van der Waals surface area contributed by atoms with Crippen molar-refractivity contribution in [1.82, 2.24) is 4.90 Å². The number of hydrogen-bond acceptors (Lipinski definition) is 4. The number of amides is 1. The van der Waals surface area contributed by atoms with Crippen LogP contribution in [0.25, 0.3) is 0 Å². The molecule has 0 saturated heterocycles. The number of carbonyl (C=O) groups excluding carboxylic acids is 2. The highest BCUT2D eigenvalue weighted by molar-refractivity contribution is 5.77. The predicted molar refractivity (Wildman–Crippen MR) is 73.8 cm³/mol. The van der Waals surface area contributed by atoms with E-state index in [9.17, 15) is 9.59 Å². The summed E-state index contributed by atoms with van der Waals surface area (Å²) in [6.07, 6.45) is 1.69. The molecule has 0 rings (SSSR count). The van der Waals surface area contributed by atoms with Crippen molar-refractivity contribution in [3.63, 3.8) is 0 Å². The van der Waals surface area contributed by atoms with Crippen molar-refractivity contribution < 1.29 is 19.1 Å². The smallest absolute Gasteiger partial charge is 0.307 e. The van der Waals surface area contributed by atoms with Crippen LogP contribution in [0.15, 0.2) is 0 Å². The third-order valence-corrected chi connectivity index (χ3v) is 2.57. The molecule has 5 nitrogen and oxygen atoms in total. The molecule has 1 amide bonds. The molecule has 0 aliphatic carbocycles. The van der Waals surface area contributed by atoms with Crippen LogP contribution in [-0.4, -0.2) is 49.2 Å². The maximum Gasteiger partial charge on any atom is 0.307 e. The molecule has 112 valence electrons. The number of esters is 1. The van der Waals surface area contributed by atoms with Crippen molar-refractivity contribution in [3.8, 4) is 0 Å². The molecule has 19 heavy (non-hydrogen) atoms. The van der Waals surface area contributed by atoms with Crippen molar-refractivity contribution >= 4 is 11.9 Å². The first-order valence-electron chi connectivity index (χ1n) is 7.06. The summed E-state index contributed by atoms with van der Waals surface area (Å²) in [4.78, 5) is 24.7. The van der Waals surface area contributed by atoms with E-state index in [0.717, 1.165) is 6.42 Å². The molecular formula is C14H27NO4. The fourth-order valence-electron chi connectivity index (χ4n) is 1.62. The highest BCUT2D eigenvalue weighted by Crippen LogP contribution is 2.01. The summed E-state index contributed by atoms with van der Waals surface area (Å²) in [5, 5.41) is 0. The Morgan fingerprint density at radius 1 is 1.16 bits per heavy atom. The van der Waals surface area contributed by atoms with E-state index in [0.29, 0.717) is 32.7 Å². The second kappa shape index (κ2) is 10.8. The van der Waals surface area contributed by atoms with Crippen LogP contribution in [0.3, 0.4) is 0 Å². The van der Waals surface area contributed by atoms with Crippen molar-refractivity contribution in [1.29, 1.82) is 0 Å². The lowest BCUT2D eigenvalue weighted by Crippen LogP contribution is -2.34. The lowest BCUT2D eigenvalue weighted by atomic mass is 10.3. The second-order valence-electron chi connectivity index (χ2n) is 4.56. The molecule has 0 N–H and O–H groups in total. The summed E-state index contributed by atoms with van der Waals surface area (Å²) in [6.45, 7) is 9.62. The first kappa shape index (κ1) is 17.9. The van der Waals surface area contributed by atoms with E-state index in [4.69, 9.17) is 9.47 Å². The van der Waals surface area contributed by atoms with Gasteiger partial charge in [0.25, 0.3) is 0 Å². The third-order valence-electron chi connectivity index (χ3n) is 2.57. The van der Waals surface area contributed by atoms with E-state index < -0.39 is 0 Å². The van der Waals surface area contributed by atoms with Crippen molar-refractivity contribution in [2.75, 3.05) is 26.3 Å². The molecule has 0 aromatic rings. The minimum Gasteiger partial charge on any atom is -0.466 e. The van der Waals surface area contributed by atoms with E-state index in [1.807, 2.05) is 20.8 Å². The molecule has 0 aliphatic rings. The molecule has 0 bridgehead atoms. The molecule has 0 fully saturated rings. The third kappa shape index (κ3) is 9.47. The average molecular weight is 273 g/mol. The second-order valence-corrected chi connectivity index (χ2v) is 4.56. The number of ether oxygens (including phenoxy) is 2. The molecule has 0 atom stereocenters. The zero-order valence-corrected chi connectivity index (χ0v) is 12.6. The van der Waals surface area contributed by atoms with Gasteiger partial charge in [0.2, 0.25) is 5.91 Å². The van der Waals surface area contributed by atoms with Gasteiger partial charge in [0.05, 0.1) is 19.1 Å². The Hall–Kier alpha value is -1.10. The molecule has 0 aliphatic heterocycles. The summed E-state index contributed by atoms with van der Waals surface area (Å²) < 4.78 is 10.3. The quantitative estimate of drug-likeness (QED) is 0.451. The van der Waals surface area contributed by atoms with Crippen molar-refractivity contribution in [2.24, 2.45) is 0 Å². The van der Waals surface area contributed by atoms with Crippen LogP contribution < -0.4 is 0 Å². The Bertz CT molecular complexity index is 266. The van der Waals surface area contributed by atoms with E-state index >= 15 is 0 Å². The van der Waals surface area contributed by atoms with E-state index in [2.05, 4.69) is 0 Å². The van der Waals surface area contributed by atoms with Gasteiger partial charge in [-0.15, -0.1) is 0 Å². The van der Waals surface area contributed by atoms with Crippen LogP contribution >= 0.6 is 0 Å². The molecule has 0 spiro atoms. The number of hydrogen-bond donors (Lipinski definition) is 0. The summed E-state index contributed by atoms with van der Waals surface area (Å²) in [7, 11) is 0. The molecule has 0 heterocycles. The SMILES string of the molecule is CCOC(=O)CCN(CCCOC(C)C)C(=O)CC. The standard InChI is InChI=1S/C14H27NO4/c1-5-13(16)15(9-7-11-19-12(3)4)10-8-14(17)18-6-2/h12H,5-11H2,1-4H3. The van der Waals surface area contributed by atoms with Gasteiger partial charge in [0.1, 0.15) is 0 Å². The van der Waals surface area contributed by atoms with Crippen LogP contribution in [0.1, 0.15) is 47.0 Å². The predicted octanol–water partition coefficient (Wildman–Crippen LogP) is 1.99. The summed E-state index contributed by atoms with van der Waals surface area (Å²) >= 11 is 0. The summed E-state index contributed by atoms with van der Waals surface area (Å²) in [5.41, 5.74) is 0. The van der Waals surface area contributed by atoms with Crippen molar-refractivity contribution in [2.45, 2.75) is 53.1 Å². The molecule has 0 aromatic carbocycles. The molecule has 0 saturated carbocycles. The Labute approximate surface area is 116 Å². The highest BCUT2D eigenvalue weighted by atomic mass is 16.5. The van der Waals surface area contributed by atoms with Gasteiger partial charge >= 0.3 is 5.97 Å². The Morgan fingerprint density at radius 3 is 2.37 bits per heavy atom.